The van der Waals surface area contributed by atoms with Gasteiger partial charge in [0.15, 0.2) is 0 Å². The van der Waals surface area contributed by atoms with Crippen molar-refractivity contribution in [3.05, 3.63) is 70.8 Å². The predicted molar refractivity (Wildman–Crippen MR) is 116 cm³/mol. The fourth-order valence-corrected chi connectivity index (χ4v) is 5.94. The molecule has 10 heteroatoms. The maximum atomic E-state index is 15.0. The number of carboxylic acid groups (broad SMARTS) is 1. The number of fused-ring (bicyclic) bond motifs is 1. The quantitative estimate of drug-likeness (QED) is 0.687. The van der Waals surface area contributed by atoms with E-state index in [1.54, 1.807) is 12.1 Å². The van der Waals surface area contributed by atoms with Gasteiger partial charge in [0.25, 0.3) is 5.91 Å². The monoisotopic (exact) mass is 478 g/mol. The van der Waals surface area contributed by atoms with Gasteiger partial charge in [-0.2, -0.15) is 0 Å². The van der Waals surface area contributed by atoms with E-state index in [0.29, 0.717) is 25.3 Å². The van der Waals surface area contributed by atoms with E-state index in [-0.39, 0.29) is 16.7 Å². The van der Waals surface area contributed by atoms with Crippen LogP contribution in [-0.2, 0) is 14.8 Å². The molecule has 4 rings (SSSR count). The summed E-state index contributed by atoms with van der Waals surface area (Å²) in [6.45, 7) is 0. The minimum absolute atomic E-state index is 0.129. The van der Waals surface area contributed by atoms with Crippen molar-refractivity contribution >= 4 is 21.9 Å². The summed E-state index contributed by atoms with van der Waals surface area (Å²) in [6.07, 6.45) is 3.28. The van der Waals surface area contributed by atoms with Crippen LogP contribution in [0.4, 0.5) is 8.78 Å². The fraction of sp³-hybridized carbons (Fsp3) is 0.391. The lowest BCUT2D eigenvalue weighted by atomic mass is 9.77. The van der Waals surface area contributed by atoms with Crippen LogP contribution in [0.15, 0.2) is 42.5 Å². The molecule has 2 aromatic rings. The summed E-state index contributed by atoms with van der Waals surface area (Å²) >= 11 is 0. The summed E-state index contributed by atoms with van der Waals surface area (Å²) in [6, 6.07) is 6.43. The van der Waals surface area contributed by atoms with Gasteiger partial charge >= 0.3 is 5.97 Å². The Balaban J connectivity index is 1.93. The Hall–Kier alpha value is -2.85. The Morgan fingerprint density at radius 2 is 1.79 bits per heavy atom. The van der Waals surface area contributed by atoms with Crippen LogP contribution in [0.5, 0.6) is 0 Å². The summed E-state index contributed by atoms with van der Waals surface area (Å²) in [4.78, 5) is 27.5. The summed E-state index contributed by atoms with van der Waals surface area (Å²) < 4.78 is 55.3. The molecule has 2 N–H and O–H groups in total. The summed E-state index contributed by atoms with van der Waals surface area (Å²) in [5.74, 6) is -4.89. The molecule has 1 aliphatic heterocycles. The summed E-state index contributed by atoms with van der Waals surface area (Å²) in [5, 5.41) is 10.2. The molecule has 1 fully saturated rings. The van der Waals surface area contributed by atoms with E-state index in [1.807, 2.05) is 0 Å². The number of carbonyl (C=O) groups is 2. The van der Waals surface area contributed by atoms with Gasteiger partial charge in [0.1, 0.15) is 17.6 Å². The number of rotatable bonds is 5. The molecule has 0 spiro atoms. The molecule has 176 valence electrons. The van der Waals surface area contributed by atoms with Crippen molar-refractivity contribution in [2.75, 3.05) is 6.26 Å². The van der Waals surface area contributed by atoms with Gasteiger partial charge in [-0.25, -0.2) is 21.9 Å². The highest BCUT2D eigenvalue weighted by Crippen LogP contribution is 2.46. The third kappa shape index (κ3) is 4.49. The van der Waals surface area contributed by atoms with Crippen molar-refractivity contribution in [1.29, 1.82) is 0 Å². The number of halogens is 2. The molecule has 1 amide bonds. The van der Waals surface area contributed by atoms with Crippen LogP contribution in [-0.4, -0.2) is 48.6 Å². The van der Waals surface area contributed by atoms with E-state index in [4.69, 9.17) is 0 Å². The third-order valence-corrected chi connectivity index (χ3v) is 7.11. The standard InChI is InChI=1S/C23H24F2N2O5S/c1-33(31,32)26-18-8-4-5-9-19(18)27-21(16-11-10-13(24)12-17(16)25)20(23(29)30)14-6-2-3-7-15(14)22(27)28/h2-3,6-7,10-12,18-21,26H,4-5,8-9H2,1H3,(H,29,30). The van der Waals surface area contributed by atoms with Crippen LogP contribution < -0.4 is 4.72 Å². The minimum atomic E-state index is -3.63. The Bertz CT molecular complexity index is 1200. The lowest BCUT2D eigenvalue weighted by Crippen LogP contribution is -2.58. The molecule has 1 saturated carbocycles. The van der Waals surface area contributed by atoms with Crippen molar-refractivity contribution in [3.8, 4) is 0 Å². The maximum Gasteiger partial charge on any atom is 0.313 e. The number of amides is 1. The zero-order chi connectivity index (χ0) is 23.9. The van der Waals surface area contributed by atoms with Crippen molar-refractivity contribution in [3.63, 3.8) is 0 Å². The molecule has 2 aromatic carbocycles. The van der Waals surface area contributed by atoms with Crippen molar-refractivity contribution in [2.45, 2.75) is 49.7 Å². The number of carbonyl (C=O) groups excluding carboxylic acids is 1. The number of nitrogens with zero attached hydrogens (tertiary/aromatic N) is 1. The van der Waals surface area contributed by atoms with Crippen LogP contribution in [0.2, 0.25) is 0 Å². The van der Waals surface area contributed by atoms with E-state index >= 15 is 4.39 Å². The first-order valence-electron chi connectivity index (χ1n) is 10.6. The third-order valence-electron chi connectivity index (χ3n) is 6.38. The topological polar surface area (TPSA) is 104 Å². The van der Waals surface area contributed by atoms with E-state index in [2.05, 4.69) is 4.72 Å². The van der Waals surface area contributed by atoms with Crippen molar-refractivity contribution in [2.24, 2.45) is 0 Å². The normalized spacial score (nSPS) is 25.5. The smallest absolute Gasteiger partial charge is 0.313 e. The largest absolute Gasteiger partial charge is 0.481 e. The molecule has 0 aromatic heterocycles. The number of sulfonamides is 1. The molecule has 1 heterocycles. The van der Waals surface area contributed by atoms with E-state index in [9.17, 15) is 27.5 Å². The van der Waals surface area contributed by atoms with Crippen LogP contribution in [0, 0.1) is 11.6 Å². The van der Waals surface area contributed by atoms with E-state index < -0.39 is 57.6 Å². The zero-order valence-electron chi connectivity index (χ0n) is 17.9. The molecule has 4 atom stereocenters. The first kappa shape index (κ1) is 23.3. The molecular formula is C23H24F2N2O5S. The average Bonchev–Trinajstić information content (AvgIpc) is 2.73. The van der Waals surface area contributed by atoms with E-state index in [0.717, 1.165) is 24.8 Å². The van der Waals surface area contributed by atoms with Gasteiger partial charge in [-0.1, -0.05) is 37.1 Å². The fourth-order valence-electron chi connectivity index (χ4n) is 5.11. The highest BCUT2D eigenvalue weighted by Gasteiger charge is 2.49. The van der Waals surface area contributed by atoms with Crippen LogP contribution in [0.25, 0.3) is 0 Å². The lowest BCUT2D eigenvalue weighted by molar-refractivity contribution is -0.141. The number of nitrogens with one attached hydrogen (secondary N) is 1. The number of hydrogen-bond acceptors (Lipinski definition) is 4. The average molecular weight is 479 g/mol. The van der Waals surface area contributed by atoms with Crippen LogP contribution in [0.3, 0.4) is 0 Å². The van der Waals surface area contributed by atoms with Crippen molar-refractivity contribution in [1.82, 2.24) is 9.62 Å². The van der Waals surface area contributed by atoms with Gasteiger partial charge in [-0.05, 0) is 30.5 Å². The number of hydrogen-bond donors (Lipinski definition) is 2. The molecule has 4 unspecified atom stereocenters. The van der Waals surface area contributed by atoms with Crippen LogP contribution >= 0.6 is 0 Å². The predicted octanol–water partition coefficient (Wildman–Crippen LogP) is 3.19. The van der Waals surface area contributed by atoms with Gasteiger partial charge < -0.3 is 10.0 Å². The second kappa shape index (κ2) is 8.83. The molecule has 0 radical (unpaired) electrons. The van der Waals surface area contributed by atoms with Gasteiger partial charge in [0.2, 0.25) is 10.0 Å². The first-order valence-corrected chi connectivity index (χ1v) is 12.5. The molecule has 0 bridgehead atoms. The highest BCUT2D eigenvalue weighted by atomic mass is 32.2. The van der Waals surface area contributed by atoms with E-state index in [1.165, 1.54) is 17.0 Å². The summed E-state index contributed by atoms with van der Waals surface area (Å²) in [7, 11) is -3.63. The molecule has 0 saturated heterocycles. The van der Waals surface area contributed by atoms with Crippen molar-refractivity contribution < 1.29 is 31.9 Å². The lowest BCUT2D eigenvalue weighted by Gasteiger charge is -2.48. The molecule has 1 aliphatic carbocycles. The SMILES string of the molecule is CS(=O)(=O)NC1CCCCC1N1C(=O)c2ccccc2C(C(=O)O)C1c1ccc(F)cc1F. The van der Waals surface area contributed by atoms with Crippen LogP contribution in [0.1, 0.15) is 59.1 Å². The first-order chi connectivity index (χ1) is 15.6. The maximum absolute atomic E-state index is 15.0. The Labute approximate surface area is 190 Å². The molecule has 2 aliphatic rings. The van der Waals surface area contributed by atoms with Gasteiger partial charge in [0.05, 0.1) is 12.3 Å². The molecule has 33 heavy (non-hydrogen) atoms. The van der Waals surface area contributed by atoms with Gasteiger partial charge in [-0.15, -0.1) is 0 Å². The molecule has 7 nitrogen and oxygen atoms in total. The number of benzene rings is 2. The number of carboxylic acids is 1. The summed E-state index contributed by atoms with van der Waals surface area (Å²) in [5.41, 5.74) is 0.283. The van der Waals surface area contributed by atoms with Gasteiger partial charge in [0, 0.05) is 29.3 Å². The Morgan fingerprint density at radius 3 is 2.45 bits per heavy atom. The zero-order valence-corrected chi connectivity index (χ0v) is 18.7. The second-order valence-corrected chi connectivity index (χ2v) is 10.4. The molecular weight excluding hydrogens is 454 g/mol. The Morgan fingerprint density at radius 1 is 1.09 bits per heavy atom. The van der Waals surface area contributed by atoms with Gasteiger partial charge in [-0.3, -0.25) is 9.59 Å². The minimum Gasteiger partial charge on any atom is -0.481 e. The Kier molecular flexibility index (Phi) is 6.24. The highest BCUT2D eigenvalue weighted by molar-refractivity contribution is 7.88. The number of aliphatic carboxylic acids is 1. The second-order valence-electron chi connectivity index (χ2n) is 8.57.